The van der Waals surface area contributed by atoms with E-state index in [9.17, 15) is 0 Å². The Labute approximate surface area is 320 Å². The zero-order valence-electron chi connectivity index (χ0n) is 30.2. The summed E-state index contributed by atoms with van der Waals surface area (Å²) in [6, 6.07) is 77.7. The van der Waals surface area contributed by atoms with Gasteiger partial charge in [-0.2, -0.15) is 0 Å². The molecule has 11 aromatic rings. The van der Waals surface area contributed by atoms with Gasteiger partial charge in [0.1, 0.15) is 0 Å². The lowest BCUT2D eigenvalue weighted by atomic mass is 9.86. The number of fused-ring (bicyclic) bond motifs is 6. The second-order valence-corrected chi connectivity index (χ2v) is 14.5. The van der Waals surface area contributed by atoms with Crippen molar-refractivity contribution in [1.82, 2.24) is 4.57 Å². The van der Waals surface area contributed by atoms with Gasteiger partial charge in [-0.1, -0.05) is 170 Å². The Kier molecular flexibility index (Phi) is 7.25. The van der Waals surface area contributed by atoms with Crippen molar-refractivity contribution in [2.24, 2.45) is 0 Å². The Morgan fingerprint density at radius 1 is 0.236 bits per heavy atom. The van der Waals surface area contributed by atoms with Gasteiger partial charge in [0.15, 0.2) is 0 Å². The minimum atomic E-state index is 1.15. The van der Waals surface area contributed by atoms with Crippen LogP contribution in [0.4, 0.5) is 0 Å². The lowest BCUT2D eigenvalue weighted by Gasteiger charge is -2.18. The lowest BCUT2D eigenvalue weighted by molar-refractivity contribution is 1.18. The molecule has 0 unspecified atom stereocenters. The fraction of sp³-hybridized carbons (Fsp3) is 0. The second kappa shape index (κ2) is 12.7. The van der Waals surface area contributed by atoms with E-state index < -0.39 is 0 Å². The molecule has 0 N–H and O–H groups in total. The molecule has 0 atom stereocenters. The molecular weight excluding hydrogens is 663 g/mol. The quantitative estimate of drug-likeness (QED) is 0.158. The van der Waals surface area contributed by atoms with Gasteiger partial charge in [-0.3, -0.25) is 0 Å². The summed E-state index contributed by atoms with van der Waals surface area (Å²) < 4.78 is 2.42. The summed E-state index contributed by atoms with van der Waals surface area (Å²) >= 11 is 0. The molecule has 0 aliphatic heterocycles. The molecule has 1 nitrogen and oxygen atoms in total. The standard InChI is InChI=1S/C54H35N/c1-2-14-37(15-3-1)53-46-20-6-8-22-48(46)54(49-23-9-7-21-47(49)53)38-27-30-44(31-28-38)55-51-24-11-10-19-45(51)50-35-43(29-32-52(50)55)41-18-12-17-40(34-41)42-26-25-36-13-4-5-16-39(36)33-42/h1-35H. The average molecular weight is 698 g/mol. The van der Waals surface area contributed by atoms with Gasteiger partial charge in [-0.05, 0) is 119 Å². The van der Waals surface area contributed by atoms with Crippen LogP contribution in [-0.4, -0.2) is 4.57 Å². The van der Waals surface area contributed by atoms with Gasteiger partial charge in [-0.15, -0.1) is 0 Å². The molecule has 55 heavy (non-hydrogen) atoms. The number of hydrogen-bond acceptors (Lipinski definition) is 0. The van der Waals surface area contributed by atoms with Gasteiger partial charge in [-0.25, -0.2) is 0 Å². The van der Waals surface area contributed by atoms with Crippen molar-refractivity contribution in [1.29, 1.82) is 0 Å². The molecule has 0 spiro atoms. The van der Waals surface area contributed by atoms with Crippen LogP contribution in [0.5, 0.6) is 0 Å². The number of para-hydroxylation sites is 1. The summed E-state index contributed by atoms with van der Waals surface area (Å²) in [5.74, 6) is 0. The topological polar surface area (TPSA) is 4.93 Å². The molecule has 0 saturated heterocycles. The van der Waals surface area contributed by atoms with Gasteiger partial charge in [0.25, 0.3) is 0 Å². The molecule has 0 saturated carbocycles. The highest BCUT2D eigenvalue weighted by Gasteiger charge is 2.18. The van der Waals surface area contributed by atoms with Crippen molar-refractivity contribution in [3.63, 3.8) is 0 Å². The minimum absolute atomic E-state index is 1.15. The highest BCUT2D eigenvalue weighted by atomic mass is 15.0. The van der Waals surface area contributed by atoms with Crippen LogP contribution in [-0.2, 0) is 0 Å². The highest BCUT2D eigenvalue weighted by molar-refractivity contribution is 6.21. The molecule has 1 heteroatoms. The Balaban J connectivity index is 1.02. The van der Waals surface area contributed by atoms with Gasteiger partial charge >= 0.3 is 0 Å². The van der Waals surface area contributed by atoms with E-state index >= 15 is 0 Å². The molecule has 0 radical (unpaired) electrons. The predicted octanol–water partition coefficient (Wildman–Crippen LogP) is 14.9. The molecule has 10 aromatic carbocycles. The van der Waals surface area contributed by atoms with E-state index in [1.165, 1.54) is 98.6 Å². The maximum Gasteiger partial charge on any atom is 0.0541 e. The molecular formula is C54H35N. The largest absolute Gasteiger partial charge is 0.309 e. The monoisotopic (exact) mass is 697 g/mol. The number of rotatable bonds is 5. The Morgan fingerprint density at radius 3 is 1.36 bits per heavy atom. The number of hydrogen-bond donors (Lipinski definition) is 0. The van der Waals surface area contributed by atoms with Crippen LogP contribution in [0.3, 0.4) is 0 Å². The molecule has 11 rings (SSSR count). The zero-order valence-corrected chi connectivity index (χ0v) is 30.2. The van der Waals surface area contributed by atoms with Crippen LogP contribution in [0.25, 0.3) is 104 Å². The van der Waals surface area contributed by atoms with E-state index in [0.29, 0.717) is 0 Å². The molecule has 0 aliphatic carbocycles. The van der Waals surface area contributed by atoms with Crippen molar-refractivity contribution in [3.8, 4) is 50.2 Å². The first-order valence-electron chi connectivity index (χ1n) is 19.0. The average Bonchev–Trinajstić information content (AvgIpc) is 3.59. The van der Waals surface area contributed by atoms with Crippen molar-refractivity contribution >= 4 is 54.1 Å². The van der Waals surface area contributed by atoms with Crippen molar-refractivity contribution < 1.29 is 0 Å². The number of benzene rings is 10. The Morgan fingerprint density at radius 2 is 0.691 bits per heavy atom. The van der Waals surface area contributed by atoms with E-state index in [4.69, 9.17) is 0 Å². The third-order valence-corrected chi connectivity index (χ3v) is 11.4. The van der Waals surface area contributed by atoms with Gasteiger partial charge in [0, 0.05) is 16.5 Å². The first-order valence-corrected chi connectivity index (χ1v) is 19.0. The first-order chi connectivity index (χ1) is 27.3. The first kappa shape index (κ1) is 31.3. The lowest BCUT2D eigenvalue weighted by Crippen LogP contribution is -1.94. The molecule has 256 valence electrons. The Bertz CT molecular complexity index is 3180. The third-order valence-electron chi connectivity index (χ3n) is 11.4. The number of nitrogens with zero attached hydrogens (tertiary/aromatic N) is 1. The fourth-order valence-electron chi connectivity index (χ4n) is 8.81. The van der Waals surface area contributed by atoms with E-state index in [2.05, 4.69) is 217 Å². The SMILES string of the molecule is c1ccc(-c2c3ccccc3c(-c3ccc(-n4c5ccccc5c5cc(-c6cccc(-c7ccc8ccccc8c7)c6)ccc54)cc3)c3ccccc23)cc1. The van der Waals surface area contributed by atoms with Crippen LogP contribution in [0.2, 0.25) is 0 Å². The second-order valence-electron chi connectivity index (χ2n) is 14.5. The summed E-state index contributed by atoms with van der Waals surface area (Å²) in [5, 5.41) is 10.1. The van der Waals surface area contributed by atoms with Gasteiger partial charge in [0.2, 0.25) is 0 Å². The normalized spacial score (nSPS) is 11.6. The smallest absolute Gasteiger partial charge is 0.0541 e. The molecule has 0 amide bonds. The summed E-state index contributed by atoms with van der Waals surface area (Å²) in [7, 11) is 0. The van der Waals surface area contributed by atoms with Crippen molar-refractivity contribution in [2.45, 2.75) is 0 Å². The van der Waals surface area contributed by atoms with Gasteiger partial charge in [0.05, 0.1) is 11.0 Å². The molecule has 0 bridgehead atoms. The number of aromatic nitrogens is 1. The molecule has 1 heterocycles. The molecule has 1 aromatic heterocycles. The van der Waals surface area contributed by atoms with Crippen LogP contribution in [0.15, 0.2) is 212 Å². The van der Waals surface area contributed by atoms with E-state index in [0.717, 1.165) is 5.69 Å². The van der Waals surface area contributed by atoms with Crippen LogP contribution >= 0.6 is 0 Å². The van der Waals surface area contributed by atoms with Crippen LogP contribution in [0, 0.1) is 0 Å². The van der Waals surface area contributed by atoms with Crippen LogP contribution < -0.4 is 0 Å². The van der Waals surface area contributed by atoms with E-state index in [1.807, 2.05) is 0 Å². The van der Waals surface area contributed by atoms with Crippen molar-refractivity contribution in [3.05, 3.63) is 212 Å². The van der Waals surface area contributed by atoms with Gasteiger partial charge < -0.3 is 4.57 Å². The molecule has 0 fully saturated rings. The predicted molar refractivity (Wildman–Crippen MR) is 235 cm³/mol. The molecule has 0 aliphatic rings. The zero-order chi connectivity index (χ0) is 36.3. The third kappa shape index (κ3) is 5.16. The maximum absolute atomic E-state index is 2.42. The highest BCUT2D eigenvalue weighted by Crippen LogP contribution is 2.44. The minimum Gasteiger partial charge on any atom is -0.309 e. The maximum atomic E-state index is 2.42. The fourth-order valence-corrected chi connectivity index (χ4v) is 8.81. The Hall–Kier alpha value is -7.22. The van der Waals surface area contributed by atoms with E-state index in [1.54, 1.807) is 0 Å². The van der Waals surface area contributed by atoms with E-state index in [-0.39, 0.29) is 0 Å². The summed E-state index contributed by atoms with van der Waals surface area (Å²) in [5.41, 5.74) is 13.5. The summed E-state index contributed by atoms with van der Waals surface area (Å²) in [6.45, 7) is 0. The van der Waals surface area contributed by atoms with Crippen molar-refractivity contribution in [2.75, 3.05) is 0 Å². The summed E-state index contributed by atoms with van der Waals surface area (Å²) in [6.07, 6.45) is 0. The summed E-state index contributed by atoms with van der Waals surface area (Å²) in [4.78, 5) is 0. The van der Waals surface area contributed by atoms with Crippen LogP contribution in [0.1, 0.15) is 0 Å².